The van der Waals surface area contributed by atoms with E-state index in [1.54, 1.807) is 12.1 Å². The lowest BCUT2D eigenvalue weighted by Gasteiger charge is -2.14. The number of urea groups is 1. The summed E-state index contributed by atoms with van der Waals surface area (Å²) in [5.74, 6) is -1.08. The van der Waals surface area contributed by atoms with E-state index in [0.29, 0.717) is 24.3 Å². The van der Waals surface area contributed by atoms with Crippen LogP contribution in [-0.2, 0) is 27.4 Å². The van der Waals surface area contributed by atoms with Gasteiger partial charge in [0.2, 0.25) is 5.91 Å². The summed E-state index contributed by atoms with van der Waals surface area (Å²) in [7, 11) is 0. The number of rotatable bonds is 16. The molecule has 1 aliphatic heterocycles. The minimum absolute atomic E-state index is 0.0319. The monoisotopic (exact) mass is 559 g/mol. The molecular formula is C29H41N3O8. The number of hydrogen-bond acceptors (Lipinski definition) is 8. The fraction of sp³-hybridized carbons (Fsp3) is 0.483. The van der Waals surface area contributed by atoms with E-state index < -0.39 is 12.1 Å². The molecule has 0 aromatic heterocycles. The number of carboxylic acid groups (broad SMARTS) is 1. The van der Waals surface area contributed by atoms with E-state index in [2.05, 4.69) is 10.6 Å². The number of aromatic hydroxyl groups is 1. The summed E-state index contributed by atoms with van der Waals surface area (Å²) in [4.78, 5) is 33.7. The van der Waals surface area contributed by atoms with Crippen molar-refractivity contribution in [3.8, 4) is 5.75 Å². The van der Waals surface area contributed by atoms with E-state index in [1.807, 2.05) is 24.3 Å². The minimum atomic E-state index is -0.833. The molecule has 1 saturated heterocycles. The summed E-state index contributed by atoms with van der Waals surface area (Å²) in [6.45, 7) is 3.54. The molecule has 3 amide bonds. The molecule has 11 nitrogen and oxygen atoms in total. The van der Waals surface area contributed by atoms with Gasteiger partial charge in [-0.3, -0.25) is 19.8 Å². The van der Waals surface area contributed by atoms with E-state index >= 15 is 0 Å². The van der Waals surface area contributed by atoms with Crippen LogP contribution in [0.1, 0.15) is 61.8 Å². The van der Waals surface area contributed by atoms with E-state index in [-0.39, 0.29) is 30.8 Å². The van der Waals surface area contributed by atoms with Crippen LogP contribution in [0.4, 0.5) is 10.5 Å². The van der Waals surface area contributed by atoms with Gasteiger partial charge >= 0.3 is 6.03 Å². The topological polar surface area (TPSA) is 169 Å². The molecule has 6 N–H and O–H groups in total. The smallest absolute Gasteiger partial charge is 0.329 e. The lowest BCUT2D eigenvalue weighted by Crippen LogP contribution is -2.27. The average Bonchev–Trinajstić information content (AvgIpc) is 3.26. The second-order valence-corrected chi connectivity index (χ2v) is 9.52. The Morgan fingerprint density at radius 2 is 1.80 bits per heavy atom. The number of aryl methyl sites for hydroxylation is 1. The number of imide groups is 1. The highest BCUT2D eigenvalue weighted by Gasteiger charge is 2.27. The number of nitrogens with zero attached hydrogens (tertiary/aromatic N) is 1. The van der Waals surface area contributed by atoms with Gasteiger partial charge in [-0.05, 0) is 67.6 Å². The SMILES string of the molecule is CC(=O)O.O=C1CN(c2cccc(CCCOCCCCCCNC[C@H](O)c3ccc(O)c(CO)c3)c2)C(=O)N1. The number of aliphatic hydroxyl groups excluding tert-OH is 2. The molecule has 220 valence electrons. The number of amides is 3. The van der Waals surface area contributed by atoms with Gasteiger partial charge in [0.15, 0.2) is 0 Å². The number of carbonyl (C=O) groups excluding carboxylic acids is 2. The highest BCUT2D eigenvalue weighted by atomic mass is 16.5. The molecule has 0 radical (unpaired) electrons. The first-order valence-electron chi connectivity index (χ1n) is 13.5. The van der Waals surface area contributed by atoms with Gasteiger partial charge in [0.25, 0.3) is 5.97 Å². The number of aliphatic hydroxyl groups is 2. The summed E-state index contributed by atoms with van der Waals surface area (Å²) in [5.41, 5.74) is 2.93. The molecule has 0 aliphatic carbocycles. The van der Waals surface area contributed by atoms with Gasteiger partial charge in [-0.15, -0.1) is 0 Å². The Hall–Kier alpha value is -3.51. The molecule has 1 atom stereocenters. The van der Waals surface area contributed by atoms with Crippen molar-refractivity contribution < 1.29 is 39.5 Å². The van der Waals surface area contributed by atoms with E-state index in [4.69, 9.17) is 14.6 Å². The molecule has 0 bridgehead atoms. The number of ether oxygens (including phenoxy) is 1. The van der Waals surface area contributed by atoms with E-state index in [0.717, 1.165) is 69.9 Å². The van der Waals surface area contributed by atoms with Crippen molar-refractivity contribution in [3.05, 3.63) is 59.2 Å². The Balaban J connectivity index is 0.00000131. The molecule has 0 spiro atoms. The maximum absolute atomic E-state index is 11.8. The minimum Gasteiger partial charge on any atom is -0.508 e. The summed E-state index contributed by atoms with van der Waals surface area (Å²) >= 11 is 0. The summed E-state index contributed by atoms with van der Waals surface area (Å²) in [6, 6.07) is 12.1. The molecule has 1 fully saturated rings. The highest BCUT2D eigenvalue weighted by Crippen LogP contribution is 2.22. The van der Waals surface area contributed by atoms with Crippen LogP contribution in [0.2, 0.25) is 0 Å². The first kappa shape index (κ1) is 32.7. The number of anilines is 1. The number of aliphatic carboxylic acids is 1. The third-order valence-electron chi connectivity index (χ3n) is 6.16. The van der Waals surface area contributed by atoms with Crippen LogP contribution in [0.5, 0.6) is 5.75 Å². The van der Waals surface area contributed by atoms with E-state index in [9.17, 15) is 24.9 Å². The lowest BCUT2D eigenvalue weighted by atomic mass is 10.1. The highest BCUT2D eigenvalue weighted by molar-refractivity contribution is 6.12. The van der Waals surface area contributed by atoms with E-state index in [1.165, 1.54) is 11.0 Å². The zero-order valence-corrected chi connectivity index (χ0v) is 23.0. The molecule has 1 aliphatic rings. The number of hydrogen-bond donors (Lipinski definition) is 6. The number of carbonyl (C=O) groups is 3. The molecule has 11 heteroatoms. The van der Waals surface area contributed by atoms with Crippen molar-refractivity contribution in [2.45, 2.75) is 58.2 Å². The quantitative estimate of drug-likeness (QED) is 0.134. The second-order valence-electron chi connectivity index (χ2n) is 9.52. The predicted molar refractivity (Wildman–Crippen MR) is 150 cm³/mol. The standard InChI is InChI=1S/C27H37N3O6.C2H4O2/c31-19-22-16-21(10-11-24(22)32)25(33)17-28-12-3-1-2-4-13-36-14-6-8-20-7-5-9-23(15-20)30-18-26(34)29-27(30)35;1-2(3)4/h5,7,9-11,15-16,25,28,31-33H,1-4,6,8,12-14,17-19H2,(H,29,34,35);1H3,(H,3,4)/t25-;/m0./s1. The predicted octanol–water partition coefficient (Wildman–Crippen LogP) is 2.86. The number of carboxylic acids is 1. The first-order valence-corrected chi connectivity index (χ1v) is 13.5. The third kappa shape index (κ3) is 12.1. The zero-order valence-electron chi connectivity index (χ0n) is 23.0. The molecule has 2 aromatic rings. The fourth-order valence-electron chi connectivity index (χ4n) is 4.11. The lowest BCUT2D eigenvalue weighted by molar-refractivity contribution is -0.134. The van der Waals surface area contributed by atoms with Crippen LogP contribution in [-0.4, -0.2) is 71.2 Å². The molecule has 1 heterocycles. The van der Waals surface area contributed by atoms with Crippen molar-refractivity contribution in [1.29, 1.82) is 0 Å². The second kappa shape index (κ2) is 18.0. The molecule has 3 rings (SSSR count). The van der Waals surface area contributed by atoms with Gasteiger partial charge < -0.3 is 30.5 Å². The van der Waals surface area contributed by atoms with Crippen LogP contribution in [0, 0.1) is 0 Å². The summed E-state index contributed by atoms with van der Waals surface area (Å²) < 4.78 is 5.75. The summed E-state index contributed by atoms with van der Waals surface area (Å²) in [6.07, 6.45) is 5.24. The van der Waals surface area contributed by atoms with Gasteiger partial charge in [-0.25, -0.2) is 4.79 Å². The van der Waals surface area contributed by atoms with Gasteiger partial charge in [0, 0.05) is 37.9 Å². The third-order valence-corrected chi connectivity index (χ3v) is 6.16. The Bertz CT molecular complexity index is 1090. The number of phenols is 1. The van der Waals surface area contributed by atoms with Crippen molar-refractivity contribution >= 4 is 23.6 Å². The van der Waals surface area contributed by atoms with Crippen molar-refractivity contribution in [3.63, 3.8) is 0 Å². The fourth-order valence-corrected chi connectivity index (χ4v) is 4.11. The van der Waals surface area contributed by atoms with Crippen molar-refractivity contribution in [2.75, 3.05) is 37.7 Å². The number of benzene rings is 2. The Kier molecular flexibility index (Phi) is 14.7. The van der Waals surface area contributed by atoms with Gasteiger partial charge in [0.05, 0.1) is 12.7 Å². The van der Waals surface area contributed by atoms with Crippen molar-refractivity contribution in [2.24, 2.45) is 0 Å². The van der Waals surface area contributed by atoms with Crippen LogP contribution in [0.25, 0.3) is 0 Å². The normalized spacial score (nSPS) is 13.5. The summed E-state index contributed by atoms with van der Waals surface area (Å²) in [5, 5.41) is 42.0. The Morgan fingerprint density at radius 1 is 1.07 bits per heavy atom. The number of nitrogens with one attached hydrogen (secondary N) is 2. The van der Waals surface area contributed by atoms with Crippen LogP contribution in [0.15, 0.2) is 42.5 Å². The maximum Gasteiger partial charge on any atom is 0.329 e. The van der Waals surface area contributed by atoms with Crippen LogP contribution in [0.3, 0.4) is 0 Å². The van der Waals surface area contributed by atoms with Crippen LogP contribution < -0.4 is 15.5 Å². The number of unbranched alkanes of at least 4 members (excludes halogenated alkanes) is 3. The van der Waals surface area contributed by atoms with Gasteiger partial charge in [-0.2, -0.15) is 0 Å². The molecule has 40 heavy (non-hydrogen) atoms. The first-order chi connectivity index (χ1) is 19.2. The average molecular weight is 560 g/mol. The molecule has 0 saturated carbocycles. The van der Waals surface area contributed by atoms with Crippen molar-refractivity contribution in [1.82, 2.24) is 10.6 Å². The van der Waals surface area contributed by atoms with Crippen LogP contribution >= 0.6 is 0 Å². The largest absolute Gasteiger partial charge is 0.508 e. The Morgan fingerprint density at radius 3 is 2.50 bits per heavy atom. The molecule has 2 aromatic carbocycles. The maximum atomic E-state index is 11.8. The molecule has 0 unspecified atom stereocenters. The Labute approximate surface area is 234 Å². The van der Waals surface area contributed by atoms with Gasteiger partial charge in [-0.1, -0.05) is 31.0 Å². The van der Waals surface area contributed by atoms with Gasteiger partial charge in [0.1, 0.15) is 12.3 Å². The zero-order chi connectivity index (χ0) is 29.3. The molecular weight excluding hydrogens is 518 g/mol.